The van der Waals surface area contributed by atoms with Gasteiger partial charge < -0.3 is 4.42 Å². The van der Waals surface area contributed by atoms with Gasteiger partial charge in [-0.2, -0.15) is 0 Å². The van der Waals surface area contributed by atoms with Gasteiger partial charge in [0.05, 0.1) is 6.26 Å². The highest BCUT2D eigenvalue weighted by molar-refractivity contribution is 7.17. The van der Waals surface area contributed by atoms with Crippen molar-refractivity contribution in [1.29, 1.82) is 0 Å². The molecule has 102 valence electrons. The summed E-state index contributed by atoms with van der Waals surface area (Å²) in [5.41, 5.74) is 2.06. The van der Waals surface area contributed by atoms with Crippen LogP contribution in [0.4, 0.5) is 0 Å². The van der Waals surface area contributed by atoms with Gasteiger partial charge >= 0.3 is 0 Å². The smallest absolute Gasteiger partial charge is 0.213 e. The Bertz CT molecular complexity index is 890. The molecule has 4 nitrogen and oxygen atoms in total. The number of ketones is 2. The van der Waals surface area contributed by atoms with E-state index in [1.165, 1.54) is 17.6 Å². The fourth-order valence-electron chi connectivity index (χ4n) is 2.43. The van der Waals surface area contributed by atoms with E-state index in [9.17, 15) is 9.59 Å². The first kappa shape index (κ1) is 12.2. The zero-order valence-electron chi connectivity index (χ0n) is 11.0. The zero-order valence-corrected chi connectivity index (χ0v) is 11.9. The van der Waals surface area contributed by atoms with Gasteiger partial charge in [0, 0.05) is 11.1 Å². The summed E-state index contributed by atoms with van der Waals surface area (Å²) in [7, 11) is 0. The number of carbonyl (C=O) groups excluding carboxylic acids is 2. The molecule has 0 aliphatic heterocycles. The highest BCUT2D eigenvalue weighted by Crippen LogP contribution is 2.35. The molecule has 3 aromatic rings. The van der Waals surface area contributed by atoms with Crippen molar-refractivity contribution in [3.8, 4) is 10.8 Å². The van der Waals surface area contributed by atoms with E-state index < -0.39 is 0 Å². The van der Waals surface area contributed by atoms with Gasteiger partial charge in [-0.15, -0.1) is 11.3 Å². The molecule has 2 heterocycles. The topological polar surface area (TPSA) is 60.2 Å². The fourth-order valence-corrected chi connectivity index (χ4v) is 3.41. The van der Waals surface area contributed by atoms with Crippen molar-refractivity contribution < 1.29 is 14.0 Å². The number of nitrogens with zero attached hydrogens (tertiary/aromatic N) is 1. The maximum atomic E-state index is 12.5. The number of hydrogen-bond acceptors (Lipinski definition) is 5. The van der Waals surface area contributed by atoms with Gasteiger partial charge in [0.15, 0.2) is 10.8 Å². The number of hydrogen-bond donors (Lipinski definition) is 0. The first-order chi connectivity index (χ1) is 10.1. The zero-order chi connectivity index (χ0) is 14.6. The molecule has 0 fully saturated rings. The molecule has 1 aromatic carbocycles. The number of fused-ring (bicyclic) bond motifs is 2. The summed E-state index contributed by atoms with van der Waals surface area (Å²) < 4.78 is 5.29. The SMILES string of the molecule is Cc1ccc2c(c1)C(=O)c1nc(-c3ccco3)sc1C2=O. The number of carbonyl (C=O) groups is 2. The first-order valence-corrected chi connectivity index (χ1v) is 7.21. The third-order valence-electron chi connectivity index (χ3n) is 3.44. The van der Waals surface area contributed by atoms with Gasteiger partial charge in [-0.25, -0.2) is 4.98 Å². The molecule has 5 heteroatoms. The highest BCUT2D eigenvalue weighted by Gasteiger charge is 2.34. The molecule has 1 aliphatic carbocycles. The Kier molecular flexibility index (Phi) is 2.46. The minimum atomic E-state index is -0.197. The van der Waals surface area contributed by atoms with Crippen molar-refractivity contribution in [1.82, 2.24) is 4.98 Å². The van der Waals surface area contributed by atoms with Crippen LogP contribution in [0.5, 0.6) is 0 Å². The predicted octanol–water partition coefficient (Wildman–Crippen LogP) is 3.49. The summed E-state index contributed by atoms with van der Waals surface area (Å²) in [5.74, 6) is 0.225. The maximum absolute atomic E-state index is 12.5. The van der Waals surface area contributed by atoms with Crippen molar-refractivity contribution in [3.63, 3.8) is 0 Å². The van der Waals surface area contributed by atoms with Crippen LogP contribution in [0.25, 0.3) is 10.8 Å². The summed E-state index contributed by atoms with van der Waals surface area (Å²) in [6, 6.07) is 8.79. The molecule has 1 aliphatic rings. The van der Waals surface area contributed by atoms with E-state index >= 15 is 0 Å². The lowest BCUT2D eigenvalue weighted by molar-refractivity contribution is 0.0979. The Morgan fingerprint density at radius 3 is 2.71 bits per heavy atom. The molecule has 0 unspecified atom stereocenters. The predicted molar refractivity (Wildman–Crippen MR) is 77.9 cm³/mol. The van der Waals surface area contributed by atoms with E-state index in [0.717, 1.165) is 5.56 Å². The molecule has 0 saturated heterocycles. The van der Waals surface area contributed by atoms with Crippen LogP contribution in [0, 0.1) is 6.92 Å². The molecule has 0 amide bonds. The molecule has 0 spiro atoms. The van der Waals surface area contributed by atoms with E-state index in [-0.39, 0.29) is 17.3 Å². The molecule has 0 bridgehead atoms. The van der Waals surface area contributed by atoms with Crippen LogP contribution in [0.15, 0.2) is 41.0 Å². The molecule has 4 rings (SSSR count). The van der Waals surface area contributed by atoms with Crippen molar-refractivity contribution in [2.24, 2.45) is 0 Å². The first-order valence-electron chi connectivity index (χ1n) is 6.40. The Labute approximate surface area is 124 Å². The molecule has 2 aromatic heterocycles. The highest BCUT2D eigenvalue weighted by atomic mass is 32.1. The van der Waals surface area contributed by atoms with Crippen LogP contribution in [-0.4, -0.2) is 16.6 Å². The van der Waals surface area contributed by atoms with Crippen molar-refractivity contribution >= 4 is 22.9 Å². The average molecular weight is 295 g/mol. The molecular formula is C16H9NO3S. The second-order valence-corrected chi connectivity index (χ2v) is 5.88. The normalized spacial score (nSPS) is 13.2. The van der Waals surface area contributed by atoms with Crippen LogP contribution in [0.3, 0.4) is 0 Å². The molecule has 0 N–H and O–H groups in total. The molecule has 0 atom stereocenters. The van der Waals surface area contributed by atoms with Crippen LogP contribution in [-0.2, 0) is 0 Å². The second-order valence-electron chi connectivity index (χ2n) is 4.88. The van der Waals surface area contributed by atoms with Gasteiger partial charge in [-0.3, -0.25) is 9.59 Å². The van der Waals surface area contributed by atoms with Crippen molar-refractivity contribution in [3.05, 3.63) is 63.9 Å². The summed E-state index contributed by atoms with van der Waals surface area (Å²) >= 11 is 1.20. The minimum Gasteiger partial charge on any atom is -0.462 e. The van der Waals surface area contributed by atoms with Gasteiger partial charge in [0.1, 0.15) is 10.6 Å². The lowest BCUT2D eigenvalue weighted by Crippen LogP contribution is -2.19. The largest absolute Gasteiger partial charge is 0.462 e. The summed E-state index contributed by atoms with van der Waals surface area (Å²) in [4.78, 5) is 29.8. The Morgan fingerprint density at radius 2 is 1.95 bits per heavy atom. The monoisotopic (exact) mass is 295 g/mol. The van der Waals surface area contributed by atoms with E-state index in [4.69, 9.17) is 4.42 Å². The third-order valence-corrected chi connectivity index (χ3v) is 4.51. The number of aromatic nitrogens is 1. The summed E-state index contributed by atoms with van der Waals surface area (Å²) in [6.45, 7) is 1.89. The molecule has 0 saturated carbocycles. The van der Waals surface area contributed by atoms with Gasteiger partial charge in [0.2, 0.25) is 11.6 Å². The van der Waals surface area contributed by atoms with Crippen molar-refractivity contribution in [2.75, 3.05) is 0 Å². The van der Waals surface area contributed by atoms with E-state index in [1.807, 2.05) is 13.0 Å². The molecular weight excluding hydrogens is 286 g/mol. The lowest BCUT2D eigenvalue weighted by Gasteiger charge is -2.13. The summed E-state index contributed by atoms with van der Waals surface area (Å²) in [6.07, 6.45) is 1.54. The number of thiazole rings is 1. The third kappa shape index (κ3) is 1.71. The number of furan rings is 1. The number of benzene rings is 1. The van der Waals surface area contributed by atoms with Crippen LogP contribution in [0.1, 0.15) is 36.9 Å². The van der Waals surface area contributed by atoms with Crippen LogP contribution < -0.4 is 0 Å². The Morgan fingerprint density at radius 1 is 1.10 bits per heavy atom. The van der Waals surface area contributed by atoms with Crippen LogP contribution in [0.2, 0.25) is 0 Å². The van der Waals surface area contributed by atoms with Crippen LogP contribution >= 0.6 is 11.3 Å². The minimum absolute atomic E-state index is 0.144. The quantitative estimate of drug-likeness (QED) is 0.539. The number of rotatable bonds is 1. The Balaban J connectivity index is 1.93. The molecule has 21 heavy (non-hydrogen) atoms. The van der Waals surface area contributed by atoms with Crippen molar-refractivity contribution in [2.45, 2.75) is 6.92 Å². The van der Waals surface area contributed by atoms with E-state index in [0.29, 0.717) is 26.8 Å². The summed E-state index contributed by atoms with van der Waals surface area (Å²) in [5, 5.41) is 0.552. The fraction of sp³-hybridized carbons (Fsp3) is 0.0625. The second kappa shape index (κ2) is 4.23. The van der Waals surface area contributed by atoms with Gasteiger partial charge in [-0.05, 0) is 31.2 Å². The maximum Gasteiger partial charge on any atom is 0.213 e. The number of aryl methyl sites for hydroxylation is 1. The van der Waals surface area contributed by atoms with Gasteiger partial charge in [0.25, 0.3) is 0 Å². The Hall–Kier alpha value is -2.53. The standard InChI is InChI=1S/C16H9NO3S/c1-8-4-5-9-10(7-8)13(18)12-15(14(9)19)21-16(17-12)11-3-2-6-20-11/h2-7H,1H3. The average Bonchev–Trinajstić information content (AvgIpc) is 3.13. The lowest BCUT2D eigenvalue weighted by atomic mass is 9.90. The molecule has 0 radical (unpaired) electrons. The van der Waals surface area contributed by atoms with E-state index in [1.54, 1.807) is 24.3 Å². The van der Waals surface area contributed by atoms with Gasteiger partial charge in [-0.1, -0.05) is 11.6 Å². The van der Waals surface area contributed by atoms with E-state index in [2.05, 4.69) is 4.98 Å².